The third kappa shape index (κ3) is 4.18. The van der Waals surface area contributed by atoms with E-state index in [9.17, 15) is 14.4 Å². The van der Waals surface area contributed by atoms with Crippen molar-refractivity contribution < 1.29 is 29.1 Å². The van der Waals surface area contributed by atoms with Crippen molar-refractivity contribution in [3.63, 3.8) is 0 Å². The SMILES string of the molecule is CN(OCC(=O)O)C(=O)C1(NC(=O)OCC2c3ccccc3-c3ccccc32)CCCC1. The molecule has 4 rings (SSSR count). The van der Waals surface area contributed by atoms with Gasteiger partial charge in [-0.3, -0.25) is 9.63 Å². The third-order valence-corrected chi connectivity index (χ3v) is 6.22. The Hall–Kier alpha value is -3.39. The van der Waals surface area contributed by atoms with E-state index in [1.165, 1.54) is 7.05 Å². The monoisotopic (exact) mass is 438 g/mol. The molecular weight excluding hydrogens is 412 g/mol. The largest absolute Gasteiger partial charge is 0.479 e. The second-order valence-corrected chi connectivity index (χ2v) is 8.21. The second-order valence-electron chi connectivity index (χ2n) is 8.21. The molecule has 1 saturated carbocycles. The van der Waals surface area contributed by atoms with E-state index in [0.29, 0.717) is 12.8 Å². The van der Waals surface area contributed by atoms with Crippen LogP contribution >= 0.6 is 0 Å². The fraction of sp³-hybridized carbons (Fsp3) is 0.375. The maximum atomic E-state index is 12.9. The Morgan fingerprint density at radius 1 is 1.03 bits per heavy atom. The molecule has 0 bridgehead atoms. The predicted molar refractivity (Wildman–Crippen MR) is 116 cm³/mol. The number of aliphatic carboxylic acids is 1. The molecule has 8 nitrogen and oxygen atoms in total. The molecule has 0 aromatic heterocycles. The first kappa shape index (κ1) is 21.8. The lowest BCUT2D eigenvalue weighted by Crippen LogP contribution is -2.57. The number of nitrogens with one attached hydrogen (secondary N) is 1. The van der Waals surface area contributed by atoms with E-state index >= 15 is 0 Å². The summed E-state index contributed by atoms with van der Waals surface area (Å²) in [5.41, 5.74) is 3.33. The van der Waals surface area contributed by atoms with Gasteiger partial charge in [-0.1, -0.05) is 61.4 Å². The van der Waals surface area contributed by atoms with E-state index in [4.69, 9.17) is 14.7 Å². The van der Waals surface area contributed by atoms with Gasteiger partial charge in [-0.25, -0.2) is 14.7 Å². The molecule has 0 radical (unpaired) electrons. The van der Waals surface area contributed by atoms with Crippen LogP contribution in [0.1, 0.15) is 42.7 Å². The Balaban J connectivity index is 1.44. The van der Waals surface area contributed by atoms with E-state index in [1.54, 1.807) is 0 Å². The summed E-state index contributed by atoms with van der Waals surface area (Å²) in [4.78, 5) is 41.4. The molecule has 0 atom stereocenters. The average Bonchev–Trinajstić information content (AvgIpc) is 3.39. The lowest BCUT2D eigenvalue weighted by atomic mass is 9.96. The smallest absolute Gasteiger partial charge is 0.408 e. The van der Waals surface area contributed by atoms with Crippen molar-refractivity contribution in [3.8, 4) is 11.1 Å². The summed E-state index contributed by atoms with van der Waals surface area (Å²) in [5.74, 6) is -1.75. The van der Waals surface area contributed by atoms with Crippen LogP contribution in [0, 0.1) is 0 Å². The molecule has 0 heterocycles. The zero-order valence-corrected chi connectivity index (χ0v) is 17.9. The first-order chi connectivity index (χ1) is 15.4. The van der Waals surface area contributed by atoms with Gasteiger partial charge in [0, 0.05) is 13.0 Å². The molecule has 2 amide bonds. The van der Waals surface area contributed by atoms with E-state index < -0.39 is 30.1 Å². The Bertz CT molecular complexity index is 985. The number of carboxylic acids is 1. The number of nitrogens with zero attached hydrogens (tertiary/aromatic N) is 1. The normalized spacial score (nSPS) is 16.2. The van der Waals surface area contributed by atoms with Crippen molar-refractivity contribution in [3.05, 3.63) is 59.7 Å². The van der Waals surface area contributed by atoms with Crippen molar-refractivity contribution >= 4 is 18.0 Å². The summed E-state index contributed by atoms with van der Waals surface area (Å²) in [6.07, 6.45) is 1.74. The number of likely N-dealkylation sites (N-methyl/N-ethyl adjacent to an activating group) is 1. The summed E-state index contributed by atoms with van der Waals surface area (Å²) in [6, 6.07) is 16.1. The molecule has 2 aromatic rings. The summed E-state index contributed by atoms with van der Waals surface area (Å²) < 4.78 is 5.60. The van der Waals surface area contributed by atoms with Gasteiger partial charge in [-0.05, 0) is 35.1 Å². The Morgan fingerprint density at radius 2 is 1.59 bits per heavy atom. The van der Waals surface area contributed by atoms with Crippen LogP contribution < -0.4 is 5.32 Å². The molecule has 8 heteroatoms. The van der Waals surface area contributed by atoms with Gasteiger partial charge >= 0.3 is 12.1 Å². The van der Waals surface area contributed by atoms with Crippen LogP contribution in [0.25, 0.3) is 11.1 Å². The summed E-state index contributed by atoms with van der Waals surface area (Å²) in [7, 11) is 1.35. The quantitative estimate of drug-likeness (QED) is 0.643. The van der Waals surface area contributed by atoms with Gasteiger partial charge in [0.1, 0.15) is 12.1 Å². The number of ether oxygens (including phenoxy) is 1. The number of hydrogen-bond acceptors (Lipinski definition) is 5. The maximum absolute atomic E-state index is 12.9. The fourth-order valence-corrected chi connectivity index (χ4v) is 4.71. The minimum absolute atomic E-state index is 0.0787. The van der Waals surface area contributed by atoms with Gasteiger partial charge < -0.3 is 15.2 Å². The highest BCUT2D eigenvalue weighted by Gasteiger charge is 2.45. The minimum atomic E-state index is -1.19. The van der Waals surface area contributed by atoms with Crippen LogP contribution in [0.2, 0.25) is 0 Å². The minimum Gasteiger partial charge on any atom is -0.479 e. The van der Waals surface area contributed by atoms with Crippen LogP contribution in [-0.4, -0.2) is 53.9 Å². The lowest BCUT2D eigenvalue weighted by molar-refractivity contribution is -0.191. The molecule has 2 aromatic carbocycles. The highest BCUT2D eigenvalue weighted by atomic mass is 16.7. The highest BCUT2D eigenvalue weighted by molar-refractivity contribution is 5.89. The Morgan fingerprint density at radius 3 is 2.16 bits per heavy atom. The fourth-order valence-electron chi connectivity index (χ4n) is 4.71. The van der Waals surface area contributed by atoms with Crippen molar-refractivity contribution in [2.24, 2.45) is 0 Å². The Kier molecular flexibility index (Phi) is 6.14. The zero-order chi connectivity index (χ0) is 22.7. The lowest BCUT2D eigenvalue weighted by Gasteiger charge is -2.32. The number of carbonyl (C=O) groups is 3. The van der Waals surface area contributed by atoms with Crippen molar-refractivity contribution in [1.29, 1.82) is 0 Å². The summed E-state index contributed by atoms with van der Waals surface area (Å²) >= 11 is 0. The van der Waals surface area contributed by atoms with Gasteiger partial charge in [-0.15, -0.1) is 0 Å². The van der Waals surface area contributed by atoms with Gasteiger partial charge in [0.25, 0.3) is 5.91 Å². The van der Waals surface area contributed by atoms with Crippen LogP contribution in [0.3, 0.4) is 0 Å². The number of amides is 2. The van der Waals surface area contributed by atoms with Gasteiger partial charge in [0.05, 0.1) is 0 Å². The van der Waals surface area contributed by atoms with Crippen LogP contribution in [-0.2, 0) is 19.2 Å². The van der Waals surface area contributed by atoms with E-state index in [-0.39, 0.29) is 12.5 Å². The molecule has 168 valence electrons. The van der Waals surface area contributed by atoms with Crippen LogP contribution in [0.5, 0.6) is 0 Å². The number of hydroxylamine groups is 2. The van der Waals surface area contributed by atoms with Crippen molar-refractivity contribution in [2.75, 3.05) is 20.3 Å². The molecule has 0 unspecified atom stereocenters. The number of alkyl carbamates (subject to hydrolysis) is 1. The number of carbonyl (C=O) groups excluding carboxylic acids is 2. The molecule has 2 N–H and O–H groups in total. The maximum Gasteiger partial charge on any atom is 0.408 e. The third-order valence-electron chi connectivity index (χ3n) is 6.22. The molecular formula is C24H26N2O6. The highest BCUT2D eigenvalue weighted by Crippen LogP contribution is 2.44. The van der Waals surface area contributed by atoms with Gasteiger partial charge in [0.2, 0.25) is 0 Å². The molecule has 0 aliphatic heterocycles. The predicted octanol–water partition coefficient (Wildman–Crippen LogP) is 3.31. The van der Waals surface area contributed by atoms with E-state index in [0.717, 1.165) is 40.2 Å². The topological polar surface area (TPSA) is 105 Å². The zero-order valence-electron chi connectivity index (χ0n) is 17.9. The average molecular weight is 438 g/mol. The van der Waals surface area contributed by atoms with Crippen molar-refractivity contribution in [2.45, 2.75) is 37.1 Å². The first-order valence-corrected chi connectivity index (χ1v) is 10.7. The molecule has 32 heavy (non-hydrogen) atoms. The van der Waals surface area contributed by atoms with E-state index in [2.05, 4.69) is 17.4 Å². The summed E-state index contributed by atoms with van der Waals surface area (Å²) in [6.45, 7) is -0.487. The molecule has 0 saturated heterocycles. The number of benzene rings is 2. The standard InChI is InChI=1S/C24H26N2O6/c1-26(32-15-21(27)28)22(29)24(12-6-7-13-24)25-23(30)31-14-20-18-10-4-2-8-16(18)17-9-3-5-11-19(17)20/h2-5,8-11,20H,6-7,12-15H2,1H3,(H,25,30)(H,27,28). The van der Waals surface area contributed by atoms with Crippen LogP contribution in [0.15, 0.2) is 48.5 Å². The van der Waals surface area contributed by atoms with Gasteiger partial charge in [-0.2, -0.15) is 0 Å². The molecule has 1 fully saturated rings. The molecule has 2 aliphatic carbocycles. The Labute approximate surface area is 186 Å². The molecule has 2 aliphatic rings. The second kappa shape index (κ2) is 9.00. The van der Waals surface area contributed by atoms with E-state index in [1.807, 2.05) is 36.4 Å². The molecule has 0 spiro atoms. The number of hydrogen-bond donors (Lipinski definition) is 2. The van der Waals surface area contributed by atoms with Crippen LogP contribution in [0.4, 0.5) is 4.79 Å². The van der Waals surface area contributed by atoms with Crippen molar-refractivity contribution in [1.82, 2.24) is 10.4 Å². The summed E-state index contributed by atoms with van der Waals surface area (Å²) in [5, 5.41) is 12.4. The first-order valence-electron chi connectivity index (χ1n) is 10.7. The van der Waals surface area contributed by atoms with Gasteiger partial charge in [0.15, 0.2) is 6.61 Å². The number of rotatable bonds is 7. The number of fused-ring (bicyclic) bond motifs is 3. The number of carboxylic acid groups (broad SMARTS) is 1.